The molecule has 0 aliphatic rings. The maximum absolute atomic E-state index is 14.1. The second-order valence-electron chi connectivity index (χ2n) is 5.73. The van der Waals surface area contributed by atoms with E-state index in [9.17, 15) is 17.6 Å². The van der Waals surface area contributed by atoms with Gasteiger partial charge in [0.25, 0.3) is 0 Å². The predicted octanol–water partition coefficient (Wildman–Crippen LogP) is 6.38. The first-order valence-electron chi connectivity index (χ1n) is 7.33. The van der Waals surface area contributed by atoms with Crippen LogP contribution in [0, 0.1) is 5.82 Å². The lowest BCUT2D eigenvalue weighted by Gasteiger charge is -2.17. The molecular formula is C18H17ClF4O. The zero-order valence-corrected chi connectivity index (χ0v) is 14.2. The van der Waals surface area contributed by atoms with E-state index in [2.05, 4.69) is 0 Å². The van der Waals surface area contributed by atoms with Crippen LogP contribution in [0.1, 0.15) is 36.5 Å². The van der Waals surface area contributed by atoms with Gasteiger partial charge in [0.15, 0.2) is 0 Å². The molecule has 1 atom stereocenters. The van der Waals surface area contributed by atoms with Crippen LogP contribution in [0.2, 0.25) is 0 Å². The van der Waals surface area contributed by atoms with Gasteiger partial charge in [-0.2, -0.15) is 13.2 Å². The minimum Gasteiger partial charge on any atom is -0.496 e. The van der Waals surface area contributed by atoms with E-state index in [4.69, 9.17) is 16.3 Å². The Morgan fingerprint density at radius 1 is 1.08 bits per heavy atom. The van der Waals surface area contributed by atoms with Gasteiger partial charge >= 0.3 is 6.18 Å². The number of halogens is 5. The second-order valence-corrected chi connectivity index (χ2v) is 6.00. The van der Waals surface area contributed by atoms with Crippen molar-refractivity contribution in [2.45, 2.75) is 31.8 Å². The summed E-state index contributed by atoms with van der Waals surface area (Å²) in [5.74, 6) is -0.340. The third-order valence-corrected chi connectivity index (χ3v) is 4.10. The molecule has 0 radical (unpaired) electrons. The SMILES string of the molecule is COc1cc(F)c([13CH](C)[13CH3])cc1-c1ccc(C(F)(F)F)cc1CCl. The van der Waals surface area contributed by atoms with Crippen molar-refractivity contribution < 1.29 is 22.3 Å². The Balaban J connectivity index is 2.69. The standard InChI is InChI=1S/C18H17ClF4O/c1-10(2)14-7-15(17(24-3)8-16(14)20)13-5-4-12(18(21,22)23)6-11(13)9-19/h4-8,10H,9H2,1-3H3/i1+1,10+1. The van der Waals surface area contributed by atoms with Crippen LogP contribution in [0.15, 0.2) is 30.3 Å². The Kier molecular flexibility index (Phi) is 5.43. The largest absolute Gasteiger partial charge is 0.496 e. The summed E-state index contributed by atoms with van der Waals surface area (Å²) in [4.78, 5) is 0. The molecule has 0 saturated heterocycles. The summed E-state index contributed by atoms with van der Waals surface area (Å²) >= 11 is 5.85. The van der Waals surface area contributed by atoms with Gasteiger partial charge in [0.05, 0.1) is 12.7 Å². The van der Waals surface area contributed by atoms with Gasteiger partial charge in [0.1, 0.15) is 11.6 Å². The van der Waals surface area contributed by atoms with E-state index < -0.39 is 17.6 Å². The van der Waals surface area contributed by atoms with Gasteiger partial charge in [-0.05, 0) is 40.8 Å². The van der Waals surface area contributed by atoms with Crippen molar-refractivity contribution in [3.63, 3.8) is 0 Å². The number of alkyl halides is 4. The molecule has 0 heterocycles. The highest BCUT2D eigenvalue weighted by molar-refractivity contribution is 6.17. The number of methoxy groups -OCH3 is 1. The van der Waals surface area contributed by atoms with Gasteiger partial charge in [-0.1, -0.05) is 19.9 Å². The number of hydrogen-bond donors (Lipinski definition) is 0. The number of ether oxygens (including phenoxy) is 1. The highest BCUT2D eigenvalue weighted by Crippen LogP contribution is 2.39. The van der Waals surface area contributed by atoms with E-state index in [1.165, 1.54) is 19.2 Å². The molecule has 1 nitrogen and oxygen atoms in total. The van der Waals surface area contributed by atoms with E-state index >= 15 is 0 Å². The molecule has 2 aromatic carbocycles. The van der Waals surface area contributed by atoms with Crippen molar-refractivity contribution >= 4 is 11.6 Å². The van der Waals surface area contributed by atoms with E-state index in [0.717, 1.165) is 12.1 Å². The number of rotatable bonds is 4. The number of benzene rings is 2. The maximum atomic E-state index is 14.1. The average molecular weight is 363 g/mol. The molecule has 0 spiro atoms. The number of hydrogen-bond acceptors (Lipinski definition) is 1. The molecule has 0 amide bonds. The van der Waals surface area contributed by atoms with E-state index in [1.807, 2.05) is 13.8 Å². The summed E-state index contributed by atoms with van der Waals surface area (Å²) < 4.78 is 58.0. The molecule has 0 aromatic heterocycles. The lowest BCUT2D eigenvalue weighted by molar-refractivity contribution is -0.137. The molecule has 1 unspecified atom stereocenters. The summed E-state index contributed by atoms with van der Waals surface area (Å²) in [5, 5.41) is 0. The smallest absolute Gasteiger partial charge is 0.416 e. The van der Waals surface area contributed by atoms with Crippen LogP contribution in [0.4, 0.5) is 17.6 Å². The summed E-state index contributed by atoms with van der Waals surface area (Å²) in [6.45, 7) is 3.67. The maximum Gasteiger partial charge on any atom is 0.416 e. The second kappa shape index (κ2) is 7.01. The fourth-order valence-electron chi connectivity index (χ4n) is 2.54. The topological polar surface area (TPSA) is 9.23 Å². The lowest BCUT2D eigenvalue weighted by atomic mass is 9.96. The van der Waals surface area contributed by atoms with Gasteiger partial charge in [0.2, 0.25) is 0 Å². The van der Waals surface area contributed by atoms with Gasteiger partial charge in [-0.25, -0.2) is 4.39 Å². The van der Waals surface area contributed by atoms with Gasteiger partial charge in [0, 0.05) is 17.5 Å². The van der Waals surface area contributed by atoms with Crippen LogP contribution in [0.3, 0.4) is 0 Å². The molecule has 2 rings (SSSR count). The van der Waals surface area contributed by atoms with Gasteiger partial charge in [-0.3, -0.25) is 0 Å². The third-order valence-electron chi connectivity index (χ3n) is 3.81. The first-order chi connectivity index (χ1) is 11.2. The van der Waals surface area contributed by atoms with Crippen LogP contribution >= 0.6 is 11.6 Å². The molecule has 130 valence electrons. The fourth-order valence-corrected chi connectivity index (χ4v) is 2.76. The van der Waals surface area contributed by atoms with Crippen LogP contribution in [0.5, 0.6) is 5.75 Å². The first kappa shape index (κ1) is 18.6. The van der Waals surface area contributed by atoms with Crippen LogP contribution in [0.25, 0.3) is 11.1 Å². The molecule has 0 aliphatic heterocycles. The Hall–Kier alpha value is -1.75. The molecule has 2 aromatic rings. The first-order valence-corrected chi connectivity index (χ1v) is 7.86. The zero-order chi connectivity index (χ0) is 18.1. The van der Waals surface area contributed by atoms with Crippen molar-refractivity contribution in [1.82, 2.24) is 0 Å². The summed E-state index contributed by atoms with van der Waals surface area (Å²) in [6.07, 6.45) is -4.45. The van der Waals surface area contributed by atoms with Crippen LogP contribution < -0.4 is 4.74 Å². The van der Waals surface area contributed by atoms with E-state index in [1.54, 1.807) is 6.07 Å². The molecule has 6 heteroatoms. The normalized spacial score (nSPS) is 13.0. The van der Waals surface area contributed by atoms with Crippen molar-refractivity contribution in [2.75, 3.05) is 7.11 Å². The molecule has 0 aliphatic carbocycles. The van der Waals surface area contributed by atoms with Crippen LogP contribution in [-0.2, 0) is 12.1 Å². The zero-order valence-electron chi connectivity index (χ0n) is 13.5. The predicted molar refractivity (Wildman–Crippen MR) is 87.0 cm³/mol. The van der Waals surface area contributed by atoms with Crippen molar-refractivity contribution in [3.8, 4) is 16.9 Å². The minimum atomic E-state index is -4.45. The minimum absolute atomic E-state index is 0.0800. The Morgan fingerprint density at radius 2 is 1.75 bits per heavy atom. The molecule has 0 saturated carbocycles. The van der Waals surface area contributed by atoms with Crippen molar-refractivity contribution in [2.24, 2.45) is 0 Å². The van der Waals surface area contributed by atoms with Gasteiger partial charge < -0.3 is 4.74 Å². The Morgan fingerprint density at radius 3 is 2.25 bits per heavy atom. The molecule has 24 heavy (non-hydrogen) atoms. The Labute approximate surface area is 143 Å². The molecular weight excluding hydrogens is 346 g/mol. The van der Waals surface area contributed by atoms with Crippen LogP contribution in [-0.4, -0.2) is 7.11 Å². The summed E-state index contributed by atoms with van der Waals surface area (Å²) in [7, 11) is 1.39. The lowest BCUT2D eigenvalue weighted by Crippen LogP contribution is -2.06. The highest BCUT2D eigenvalue weighted by atomic mass is 35.5. The van der Waals surface area contributed by atoms with E-state index in [-0.39, 0.29) is 17.5 Å². The van der Waals surface area contributed by atoms with E-state index in [0.29, 0.717) is 22.3 Å². The Bertz CT molecular complexity index is 739. The highest BCUT2D eigenvalue weighted by Gasteiger charge is 2.31. The average Bonchev–Trinajstić information content (AvgIpc) is 2.52. The quantitative estimate of drug-likeness (QED) is 0.348. The van der Waals surface area contributed by atoms with Crippen molar-refractivity contribution in [3.05, 3.63) is 52.8 Å². The summed E-state index contributed by atoms with van der Waals surface area (Å²) in [6, 6.07) is 6.21. The third kappa shape index (κ3) is 3.66. The molecule has 0 fully saturated rings. The monoisotopic (exact) mass is 362 g/mol. The summed E-state index contributed by atoms with van der Waals surface area (Å²) in [5.41, 5.74) is 1.02. The molecule has 0 bridgehead atoms. The van der Waals surface area contributed by atoms with Gasteiger partial charge in [-0.15, -0.1) is 11.6 Å². The fraction of sp³-hybridized carbons (Fsp3) is 0.333. The van der Waals surface area contributed by atoms with Crippen molar-refractivity contribution in [1.29, 1.82) is 0 Å². The molecule has 0 N–H and O–H groups in total.